The van der Waals surface area contributed by atoms with Gasteiger partial charge in [0.15, 0.2) is 0 Å². The first-order valence-corrected chi connectivity index (χ1v) is 19.7. The van der Waals surface area contributed by atoms with Gasteiger partial charge in [-0.25, -0.2) is 0 Å². The van der Waals surface area contributed by atoms with Gasteiger partial charge in [0, 0.05) is 16.3 Å². The van der Waals surface area contributed by atoms with Crippen molar-refractivity contribution in [1.82, 2.24) is 0 Å². The normalized spacial score (nSPS) is 24.4. The van der Waals surface area contributed by atoms with Crippen LogP contribution in [0.4, 0.5) is 0 Å². The molecule has 4 aromatic carbocycles. The molecule has 0 heterocycles. The van der Waals surface area contributed by atoms with Crippen molar-refractivity contribution in [3.05, 3.63) is 121 Å². The molecule has 2 saturated carbocycles. The van der Waals surface area contributed by atoms with Gasteiger partial charge in [-0.15, -0.1) is 0 Å². The van der Waals surface area contributed by atoms with Crippen molar-refractivity contribution in [2.75, 3.05) is 0 Å². The van der Waals surface area contributed by atoms with Crippen molar-refractivity contribution < 1.29 is 14.5 Å². The lowest BCUT2D eigenvalue weighted by atomic mass is 9.98. The highest BCUT2D eigenvalue weighted by molar-refractivity contribution is 7.79. The summed E-state index contributed by atoms with van der Waals surface area (Å²) in [7, 11) is -6.08. The first kappa shape index (κ1) is 30.3. The van der Waals surface area contributed by atoms with E-state index in [1.165, 1.54) is 0 Å². The molecular formula is C38H45O3PSi. The maximum atomic E-state index is 15.1. The van der Waals surface area contributed by atoms with Gasteiger partial charge in [0.25, 0.3) is 8.32 Å². The molecule has 0 unspecified atom stereocenters. The first-order valence-electron chi connectivity index (χ1n) is 16.0. The average molecular weight is 609 g/mol. The summed E-state index contributed by atoms with van der Waals surface area (Å²) in [5.74, 6) is 1.82. The molecule has 0 spiro atoms. The van der Waals surface area contributed by atoms with E-state index < -0.39 is 21.6 Å². The van der Waals surface area contributed by atoms with Gasteiger partial charge in [-0.3, -0.25) is 0 Å². The molecule has 2 aliphatic rings. The van der Waals surface area contributed by atoms with Crippen LogP contribution in [-0.4, -0.2) is 30.0 Å². The van der Waals surface area contributed by atoms with Crippen LogP contribution in [0.25, 0.3) is 0 Å². The van der Waals surface area contributed by atoms with Gasteiger partial charge in [-0.1, -0.05) is 135 Å². The highest BCUT2D eigenvalue weighted by Gasteiger charge is 2.55. The Morgan fingerprint density at radius 1 is 0.674 bits per heavy atom. The molecule has 5 heteroatoms. The Kier molecular flexibility index (Phi) is 8.68. The van der Waals surface area contributed by atoms with Gasteiger partial charge < -0.3 is 14.5 Å². The van der Waals surface area contributed by atoms with E-state index in [1.807, 2.05) is 97.1 Å². The molecule has 5 atom stereocenters. The molecule has 224 valence electrons. The third kappa shape index (κ3) is 5.64. The van der Waals surface area contributed by atoms with Crippen LogP contribution in [-0.2, 0) is 4.57 Å². The van der Waals surface area contributed by atoms with Crippen LogP contribution in [0.15, 0.2) is 121 Å². The van der Waals surface area contributed by atoms with Crippen LogP contribution in [0.3, 0.4) is 0 Å². The Morgan fingerprint density at radius 2 is 1.09 bits per heavy atom. The van der Waals surface area contributed by atoms with Gasteiger partial charge in [-0.05, 0) is 71.7 Å². The fourth-order valence-electron chi connectivity index (χ4n) is 8.19. The van der Waals surface area contributed by atoms with Crippen LogP contribution >= 0.6 is 7.14 Å². The second-order valence-electron chi connectivity index (χ2n) is 13.5. The molecule has 3 nitrogen and oxygen atoms in total. The van der Waals surface area contributed by atoms with Crippen LogP contribution in [0.2, 0.25) is 5.04 Å². The molecule has 2 N–H and O–H groups in total. The minimum absolute atomic E-state index is 0.258. The van der Waals surface area contributed by atoms with Crippen molar-refractivity contribution in [3.8, 4) is 0 Å². The topological polar surface area (TPSA) is 57.5 Å². The standard InChI is InChI=1S/C38H45O3PSi/c1-38(2,43(41,31-19-11-5-12-20-31)32-21-13-6-14-22-32)28-27-35-33-23-25-36(39)37(26-24-34(33)35)42(40,29-15-7-3-8-16-29)30-17-9-4-10-18-30/h3-22,33-37,39,41H,23-28H2,1-2H3/t33-,34+,35+,36-,37-/m0/s1. The number of benzene rings is 4. The first-order chi connectivity index (χ1) is 20.8. The molecule has 43 heavy (non-hydrogen) atoms. The molecule has 4 aromatic rings. The number of aliphatic hydroxyl groups is 1. The molecule has 0 amide bonds. The van der Waals surface area contributed by atoms with Gasteiger partial charge >= 0.3 is 0 Å². The predicted molar refractivity (Wildman–Crippen MR) is 182 cm³/mol. The number of rotatable bonds is 9. The third-order valence-corrected chi connectivity index (χ3v) is 19.0. The lowest BCUT2D eigenvalue weighted by molar-refractivity contribution is 0.143. The maximum absolute atomic E-state index is 15.1. The minimum atomic E-state index is -3.04. The van der Waals surface area contributed by atoms with E-state index in [0.717, 1.165) is 53.1 Å². The summed E-state index contributed by atoms with van der Waals surface area (Å²) in [6, 6.07) is 40.3. The summed E-state index contributed by atoms with van der Waals surface area (Å²) in [4.78, 5) is 12.6. The predicted octanol–water partition coefficient (Wildman–Crippen LogP) is 6.48. The Morgan fingerprint density at radius 3 is 1.56 bits per heavy atom. The van der Waals surface area contributed by atoms with Crippen LogP contribution in [0.1, 0.15) is 52.4 Å². The lowest BCUT2D eigenvalue weighted by Gasteiger charge is -2.41. The fourth-order valence-corrected chi connectivity index (χ4v) is 15.4. The van der Waals surface area contributed by atoms with Gasteiger partial charge in [-0.2, -0.15) is 0 Å². The van der Waals surface area contributed by atoms with Crippen molar-refractivity contribution in [2.24, 2.45) is 17.8 Å². The highest BCUT2D eigenvalue weighted by atomic mass is 31.2. The summed E-state index contributed by atoms with van der Waals surface area (Å²) in [5, 5.41) is 15.1. The van der Waals surface area contributed by atoms with E-state index in [0.29, 0.717) is 24.2 Å². The molecule has 0 radical (unpaired) electrons. The van der Waals surface area contributed by atoms with Gasteiger partial charge in [0.1, 0.15) is 7.14 Å². The zero-order valence-corrected chi connectivity index (χ0v) is 27.3. The SMILES string of the molecule is CC(C)(CC[C@@H]1[C@H]2CC[C@H](O)[C@@H](P(=O)(c3ccccc3)c3ccccc3)CC[C@H]21)[Si](O)(c1ccccc1)c1ccccc1. The van der Waals surface area contributed by atoms with Crippen LogP contribution in [0, 0.1) is 17.8 Å². The Hall–Kier alpha value is -2.75. The highest BCUT2D eigenvalue weighted by Crippen LogP contribution is 2.61. The number of fused-ring (bicyclic) bond motifs is 1. The Balaban J connectivity index is 1.21. The van der Waals surface area contributed by atoms with Crippen molar-refractivity contribution in [1.29, 1.82) is 0 Å². The third-order valence-electron chi connectivity index (χ3n) is 10.8. The monoisotopic (exact) mass is 608 g/mol. The fraction of sp³-hybridized carbons (Fsp3) is 0.368. The lowest BCUT2D eigenvalue weighted by Crippen LogP contribution is -2.65. The maximum Gasteiger partial charge on any atom is 0.258 e. The molecule has 0 bridgehead atoms. The zero-order chi connectivity index (χ0) is 30.1. The van der Waals surface area contributed by atoms with Crippen molar-refractivity contribution in [3.63, 3.8) is 0 Å². The zero-order valence-electron chi connectivity index (χ0n) is 25.4. The number of hydrogen-bond donors (Lipinski definition) is 2. The van der Waals surface area contributed by atoms with E-state index in [2.05, 4.69) is 38.1 Å². The molecule has 0 saturated heterocycles. The minimum Gasteiger partial charge on any atom is -0.424 e. The molecule has 6 rings (SSSR count). The Labute approximate surface area is 258 Å². The van der Waals surface area contributed by atoms with Crippen LogP contribution < -0.4 is 21.0 Å². The molecule has 0 aromatic heterocycles. The molecule has 2 fully saturated rings. The summed E-state index contributed by atoms with van der Waals surface area (Å²) in [5.41, 5.74) is -0.274. The molecular weight excluding hydrogens is 563 g/mol. The van der Waals surface area contributed by atoms with Crippen molar-refractivity contribution in [2.45, 2.75) is 69.2 Å². The number of hydrogen-bond acceptors (Lipinski definition) is 3. The van der Waals surface area contributed by atoms with Crippen LogP contribution in [0.5, 0.6) is 0 Å². The molecule has 0 aliphatic heterocycles. The summed E-state index contributed by atoms with van der Waals surface area (Å²) in [6.45, 7) is 4.53. The summed E-state index contributed by atoms with van der Waals surface area (Å²) >= 11 is 0. The second-order valence-corrected chi connectivity index (χ2v) is 20.4. The number of aliphatic hydroxyl groups excluding tert-OH is 1. The smallest absolute Gasteiger partial charge is 0.258 e. The quantitative estimate of drug-likeness (QED) is 0.169. The van der Waals surface area contributed by atoms with E-state index in [1.54, 1.807) is 0 Å². The van der Waals surface area contributed by atoms with E-state index in [-0.39, 0.29) is 10.7 Å². The Bertz CT molecular complexity index is 1440. The van der Waals surface area contributed by atoms with E-state index >= 15 is 4.57 Å². The molecule has 2 aliphatic carbocycles. The summed E-state index contributed by atoms with van der Waals surface area (Å²) < 4.78 is 15.1. The van der Waals surface area contributed by atoms with E-state index in [4.69, 9.17) is 0 Å². The van der Waals surface area contributed by atoms with E-state index in [9.17, 15) is 9.90 Å². The van der Waals surface area contributed by atoms with Crippen molar-refractivity contribution >= 4 is 36.4 Å². The van der Waals surface area contributed by atoms with Gasteiger partial charge in [0.05, 0.1) is 6.10 Å². The van der Waals surface area contributed by atoms with Gasteiger partial charge in [0.2, 0.25) is 0 Å². The summed E-state index contributed by atoms with van der Waals surface area (Å²) in [6.07, 6.45) is 4.90. The second kappa shape index (κ2) is 12.3. The average Bonchev–Trinajstić information content (AvgIpc) is 3.72. The largest absolute Gasteiger partial charge is 0.424 e.